The molecule has 0 aliphatic heterocycles. The van der Waals surface area contributed by atoms with Crippen LogP contribution in [0.3, 0.4) is 0 Å². The lowest BCUT2D eigenvalue weighted by Gasteiger charge is -2.37. The first-order valence-corrected chi connectivity index (χ1v) is 8.45. The Balaban J connectivity index is 2.57. The van der Waals surface area contributed by atoms with Gasteiger partial charge in [0.15, 0.2) is 5.75 Å². The molecular weight excluding hydrogens is 353 g/mol. The topological polar surface area (TPSA) is 83.7 Å². The fraction of sp³-hybridized carbons (Fsp3) is 0.588. The summed E-state index contributed by atoms with van der Waals surface area (Å²) in [5, 5.41) is 20.6. The van der Waals surface area contributed by atoms with Gasteiger partial charge in [-0.3, -0.25) is 14.9 Å². The van der Waals surface area contributed by atoms with Crippen molar-refractivity contribution in [1.29, 1.82) is 0 Å². The van der Waals surface area contributed by atoms with E-state index in [-0.39, 0.29) is 18.2 Å². The number of hydrogen-bond donors (Lipinski definition) is 1. The van der Waals surface area contributed by atoms with Crippen LogP contribution in [-0.2, 0) is 6.18 Å². The van der Waals surface area contributed by atoms with Gasteiger partial charge in [0.2, 0.25) is 0 Å². The molecule has 9 heteroatoms. The van der Waals surface area contributed by atoms with Crippen LogP contribution in [0.4, 0.5) is 18.9 Å². The normalized spacial score (nSPS) is 15.9. The van der Waals surface area contributed by atoms with Crippen molar-refractivity contribution in [3.05, 3.63) is 33.4 Å². The zero-order valence-electron chi connectivity index (χ0n) is 14.5. The van der Waals surface area contributed by atoms with Gasteiger partial charge in [0.1, 0.15) is 0 Å². The number of hydrogen-bond acceptors (Lipinski definition) is 4. The number of benzene rings is 1. The molecule has 0 aromatic heterocycles. The Kier molecular flexibility index (Phi) is 5.77. The minimum absolute atomic E-state index is 0.204. The molecule has 2 rings (SSSR count). The Bertz CT molecular complexity index is 698. The first-order chi connectivity index (χ1) is 12.0. The lowest BCUT2D eigenvalue weighted by atomic mass is 9.92. The number of rotatable bonds is 4. The molecular formula is C17H21F3N2O4. The summed E-state index contributed by atoms with van der Waals surface area (Å²) in [6.07, 6.45) is -0.787. The number of halogens is 3. The molecule has 1 saturated carbocycles. The van der Waals surface area contributed by atoms with Crippen LogP contribution in [0.1, 0.15) is 61.9 Å². The fourth-order valence-corrected chi connectivity index (χ4v) is 3.45. The minimum atomic E-state index is -4.92. The number of phenols is 1. The van der Waals surface area contributed by atoms with E-state index in [0.717, 1.165) is 19.3 Å². The molecule has 1 aliphatic carbocycles. The number of carbonyl (C=O) groups is 1. The molecule has 1 N–H and O–H groups in total. The highest BCUT2D eigenvalue weighted by Gasteiger charge is 2.40. The van der Waals surface area contributed by atoms with Crippen LogP contribution < -0.4 is 0 Å². The van der Waals surface area contributed by atoms with Gasteiger partial charge in [-0.15, -0.1) is 0 Å². The second-order valence-corrected chi connectivity index (χ2v) is 6.74. The fourth-order valence-electron chi connectivity index (χ4n) is 3.45. The third kappa shape index (κ3) is 4.08. The third-order valence-corrected chi connectivity index (χ3v) is 4.61. The number of nitrogens with zero attached hydrogens (tertiary/aromatic N) is 2. The number of aromatic hydroxyl groups is 1. The molecule has 1 amide bonds. The number of nitro groups is 1. The number of alkyl halides is 3. The van der Waals surface area contributed by atoms with Crippen molar-refractivity contribution < 1.29 is 28.0 Å². The van der Waals surface area contributed by atoms with E-state index in [0.29, 0.717) is 18.9 Å². The zero-order valence-corrected chi connectivity index (χ0v) is 14.5. The van der Waals surface area contributed by atoms with Gasteiger partial charge in [0.25, 0.3) is 5.91 Å². The highest BCUT2D eigenvalue weighted by molar-refractivity contribution is 5.97. The van der Waals surface area contributed by atoms with E-state index in [2.05, 4.69) is 0 Å². The van der Waals surface area contributed by atoms with Crippen LogP contribution >= 0.6 is 0 Å². The van der Waals surface area contributed by atoms with E-state index in [4.69, 9.17) is 0 Å². The van der Waals surface area contributed by atoms with E-state index in [1.165, 1.54) is 4.90 Å². The average molecular weight is 374 g/mol. The number of carbonyl (C=O) groups excluding carboxylic acids is 1. The predicted molar refractivity (Wildman–Crippen MR) is 87.9 cm³/mol. The van der Waals surface area contributed by atoms with Crippen molar-refractivity contribution in [3.63, 3.8) is 0 Å². The zero-order chi connectivity index (χ0) is 19.6. The average Bonchev–Trinajstić information content (AvgIpc) is 2.54. The molecule has 1 aromatic carbocycles. The summed E-state index contributed by atoms with van der Waals surface area (Å²) in [5.74, 6) is -2.02. The van der Waals surface area contributed by atoms with E-state index < -0.39 is 39.6 Å². The van der Waals surface area contributed by atoms with Crippen molar-refractivity contribution in [3.8, 4) is 5.75 Å². The third-order valence-electron chi connectivity index (χ3n) is 4.61. The van der Waals surface area contributed by atoms with Gasteiger partial charge in [-0.1, -0.05) is 19.3 Å². The van der Waals surface area contributed by atoms with Crippen LogP contribution in [0.15, 0.2) is 12.1 Å². The SMILES string of the molecule is CC(C)N(C(=O)c1cc([N+](=O)[O-])c(O)cc1C(F)(F)F)C1CCCCC1. The van der Waals surface area contributed by atoms with Crippen molar-refractivity contribution in [2.45, 2.75) is 64.2 Å². The van der Waals surface area contributed by atoms with Gasteiger partial charge in [0, 0.05) is 24.2 Å². The van der Waals surface area contributed by atoms with Gasteiger partial charge >= 0.3 is 11.9 Å². The standard InChI is InChI=1S/C17H21F3N2O4/c1-10(2)21(11-6-4-3-5-7-11)16(24)12-8-14(22(25)26)15(23)9-13(12)17(18,19)20/h8-11,23H,3-7H2,1-2H3. The summed E-state index contributed by atoms with van der Waals surface area (Å²) in [5.41, 5.74) is -3.10. The van der Waals surface area contributed by atoms with Gasteiger partial charge < -0.3 is 10.0 Å². The number of amides is 1. The van der Waals surface area contributed by atoms with Gasteiger partial charge in [-0.25, -0.2) is 0 Å². The van der Waals surface area contributed by atoms with Crippen molar-refractivity contribution in [2.24, 2.45) is 0 Å². The van der Waals surface area contributed by atoms with E-state index in [1.807, 2.05) is 0 Å². The molecule has 0 saturated heterocycles. The number of nitro benzene ring substituents is 1. The second-order valence-electron chi connectivity index (χ2n) is 6.74. The van der Waals surface area contributed by atoms with Crippen LogP contribution in [0.25, 0.3) is 0 Å². The lowest BCUT2D eigenvalue weighted by Crippen LogP contribution is -2.46. The van der Waals surface area contributed by atoms with Crippen molar-refractivity contribution in [2.75, 3.05) is 0 Å². The summed E-state index contributed by atoms with van der Waals surface area (Å²) in [6, 6.07) is 0.216. The maximum absolute atomic E-state index is 13.4. The molecule has 6 nitrogen and oxygen atoms in total. The molecule has 144 valence electrons. The first kappa shape index (κ1) is 20.0. The van der Waals surface area contributed by atoms with Crippen LogP contribution in [0.2, 0.25) is 0 Å². The largest absolute Gasteiger partial charge is 0.502 e. The summed E-state index contributed by atoms with van der Waals surface area (Å²) >= 11 is 0. The quantitative estimate of drug-likeness (QED) is 0.621. The highest BCUT2D eigenvalue weighted by Crippen LogP contribution is 2.39. The summed E-state index contributed by atoms with van der Waals surface area (Å²) in [6.45, 7) is 3.41. The minimum Gasteiger partial charge on any atom is -0.502 e. The Morgan fingerprint density at radius 3 is 2.31 bits per heavy atom. The Labute approximate surface area is 148 Å². The molecule has 26 heavy (non-hydrogen) atoms. The Morgan fingerprint density at radius 2 is 1.85 bits per heavy atom. The molecule has 0 spiro atoms. The monoisotopic (exact) mass is 374 g/mol. The molecule has 0 bridgehead atoms. The summed E-state index contributed by atoms with van der Waals surface area (Å²) in [4.78, 5) is 24.3. The molecule has 0 heterocycles. The van der Waals surface area contributed by atoms with Crippen molar-refractivity contribution >= 4 is 11.6 Å². The van der Waals surface area contributed by atoms with E-state index in [1.54, 1.807) is 13.8 Å². The molecule has 1 aromatic rings. The maximum Gasteiger partial charge on any atom is 0.417 e. The van der Waals surface area contributed by atoms with Gasteiger partial charge in [-0.05, 0) is 26.7 Å². The Morgan fingerprint density at radius 1 is 1.27 bits per heavy atom. The number of phenolic OH excluding ortho intramolecular Hbond substituents is 1. The predicted octanol–water partition coefficient (Wildman–Crippen LogP) is 4.50. The van der Waals surface area contributed by atoms with Crippen LogP contribution in [-0.4, -0.2) is 32.9 Å². The summed E-state index contributed by atoms with van der Waals surface area (Å²) in [7, 11) is 0. The molecule has 0 atom stereocenters. The summed E-state index contributed by atoms with van der Waals surface area (Å²) < 4.78 is 40.1. The smallest absolute Gasteiger partial charge is 0.417 e. The molecule has 1 fully saturated rings. The van der Waals surface area contributed by atoms with E-state index in [9.17, 15) is 33.2 Å². The van der Waals surface area contributed by atoms with Crippen LogP contribution in [0.5, 0.6) is 5.75 Å². The second kappa shape index (κ2) is 7.51. The van der Waals surface area contributed by atoms with Gasteiger partial charge in [-0.2, -0.15) is 13.2 Å². The molecule has 0 unspecified atom stereocenters. The van der Waals surface area contributed by atoms with E-state index >= 15 is 0 Å². The molecule has 0 radical (unpaired) electrons. The highest BCUT2D eigenvalue weighted by atomic mass is 19.4. The maximum atomic E-state index is 13.4. The molecule has 1 aliphatic rings. The first-order valence-electron chi connectivity index (χ1n) is 8.45. The van der Waals surface area contributed by atoms with Crippen LogP contribution in [0, 0.1) is 10.1 Å². The lowest BCUT2D eigenvalue weighted by molar-refractivity contribution is -0.385. The van der Waals surface area contributed by atoms with Crippen molar-refractivity contribution in [1.82, 2.24) is 4.90 Å². The van der Waals surface area contributed by atoms with Gasteiger partial charge in [0.05, 0.1) is 16.1 Å². The Hall–Kier alpha value is -2.32.